The van der Waals surface area contributed by atoms with Gasteiger partial charge in [0.1, 0.15) is 0 Å². The van der Waals surface area contributed by atoms with Crippen LogP contribution in [0.2, 0.25) is 0 Å². The summed E-state index contributed by atoms with van der Waals surface area (Å²) in [6, 6.07) is 8.91. The van der Waals surface area contributed by atoms with E-state index in [-0.39, 0.29) is 6.42 Å². The minimum Gasteiger partial charge on any atom is -0.481 e. The molecule has 0 saturated carbocycles. The molecule has 0 aliphatic carbocycles. The van der Waals surface area contributed by atoms with Crippen LogP contribution < -0.4 is 5.32 Å². The summed E-state index contributed by atoms with van der Waals surface area (Å²) in [5.74, 6) is -0.734. The van der Waals surface area contributed by atoms with E-state index < -0.39 is 5.97 Å². The highest BCUT2D eigenvalue weighted by molar-refractivity contribution is 5.66. The van der Waals surface area contributed by atoms with Gasteiger partial charge in [0.05, 0.1) is 6.42 Å². The second-order valence-electron chi connectivity index (χ2n) is 5.25. The fraction of sp³-hybridized carbons (Fsp3) is 0.533. The van der Waals surface area contributed by atoms with Gasteiger partial charge in [-0.15, -0.1) is 0 Å². The van der Waals surface area contributed by atoms with Crippen LogP contribution in [0.3, 0.4) is 0 Å². The first-order valence-electron chi connectivity index (χ1n) is 6.87. The van der Waals surface area contributed by atoms with Crippen LogP contribution in [0.15, 0.2) is 24.3 Å². The van der Waals surface area contributed by atoms with Crippen LogP contribution in [-0.4, -0.2) is 41.7 Å². The molecule has 4 nitrogen and oxygen atoms in total. The van der Waals surface area contributed by atoms with Gasteiger partial charge < -0.3 is 10.4 Å². The molecule has 1 aliphatic heterocycles. The summed E-state index contributed by atoms with van der Waals surface area (Å²) in [6.45, 7) is 5.79. The third-order valence-corrected chi connectivity index (χ3v) is 3.70. The number of carboxylic acids is 1. The molecular weight excluding hydrogens is 240 g/mol. The number of carboxylic acid groups (broad SMARTS) is 1. The Kier molecular flexibility index (Phi) is 4.93. The monoisotopic (exact) mass is 262 g/mol. The molecule has 0 bridgehead atoms. The van der Waals surface area contributed by atoms with Gasteiger partial charge in [0, 0.05) is 32.2 Å². The molecule has 19 heavy (non-hydrogen) atoms. The molecule has 0 aromatic heterocycles. The molecule has 2 N–H and O–H groups in total. The zero-order chi connectivity index (χ0) is 13.7. The molecule has 1 aromatic carbocycles. The maximum absolute atomic E-state index is 10.5. The number of nitrogens with one attached hydrogen (secondary N) is 1. The van der Waals surface area contributed by atoms with Gasteiger partial charge in [0.25, 0.3) is 0 Å². The van der Waals surface area contributed by atoms with Crippen molar-refractivity contribution in [2.75, 3.05) is 19.6 Å². The van der Waals surface area contributed by atoms with Crippen LogP contribution in [0.4, 0.5) is 0 Å². The number of nitrogens with zero attached hydrogens (tertiary/aromatic N) is 1. The molecule has 1 heterocycles. The molecule has 104 valence electrons. The highest BCUT2D eigenvalue weighted by Crippen LogP contribution is 2.15. The number of carbonyl (C=O) groups is 1. The molecule has 0 radical (unpaired) electrons. The quantitative estimate of drug-likeness (QED) is 0.818. The Morgan fingerprint density at radius 3 is 3.00 bits per heavy atom. The topological polar surface area (TPSA) is 52.6 Å². The van der Waals surface area contributed by atoms with Crippen LogP contribution in [0.5, 0.6) is 0 Å². The summed E-state index contributed by atoms with van der Waals surface area (Å²) in [6.07, 6.45) is 1.31. The molecule has 1 aliphatic rings. The zero-order valence-corrected chi connectivity index (χ0v) is 11.4. The van der Waals surface area contributed by atoms with Crippen LogP contribution in [0.1, 0.15) is 24.0 Å². The first-order valence-corrected chi connectivity index (χ1v) is 6.87. The highest BCUT2D eigenvalue weighted by atomic mass is 16.4. The van der Waals surface area contributed by atoms with Crippen molar-refractivity contribution in [3.8, 4) is 0 Å². The number of aliphatic carboxylic acids is 1. The van der Waals surface area contributed by atoms with Crippen LogP contribution in [0, 0.1) is 6.92 Å². The lowest BCUT2D eigenvalue weighted by atomic mass is 10.1. The van der Waals surface area contributed by atoms with Gasteiger partial charge in [-0.1, -0.05) is 24.3 Å². The van der Waals surface area contributed by atoms with Crippen LogP contribution in [-0.2, 0) is 11.3 Å². The second-order valence-corrected chi connectivity index (χ2v) is 5.25. The smallest absolute Gasteiger partial charge is 0.304 e. The van der Waals surface area contributed by atoms with Crippen LogP contribution in [0.25, 0.3) is 0 Å². The Labute approximate surface area is 114 Å². The molecule has 0 spiro atoms. The summed E-state index contributed by atoms with van der Waals surface area (Å²) in [4.78, 5) is 12.9. The third-order valence-electron chi connectivity index (χ3n) is 3.70. The average Bonchev–Trinajstić information content (AvgIpc) is 2.79. The third kappa shape index (κ3) is 4.33. The van der Waals surface area contributed by atoms with E-state index >= 15 is 0 Å². The lowest BCUT2D eigenvalue weighted by molar-refractivity contribution is -0.136. The van der Waals surface area contributed by atoms with E-state index in [1.807, 2.05) is 0 Å². The Morgan fingerprint density at radius 1 is 1.47 bits per heavy atom. The number of hydrogen-bond donors (Lipinski definition) is 2. The van der Waals surface area contributed by atoms with Crippen molar-refractivity contribution < 1.29 is 9.90 Å². The van der Waals surface area contributed by atoms with Crippen molar-refractivity contribution in [1.29, 1.82) is 0 Å². The lowest BCUT2D eigenvalue weighted by Gasteiger charge is -2.17. The zero-order valence-electron chi connectivity index (χ0n) is 11.4. The minimum atomic E-state index is -0.734. The Balaban J connectivity index is 1.76. The fourth-order valence-corrected chi connectivity index (χ4v) is 2.55. The molecule has 4 heteroatoms. The normalized spacial score (nSPS) is 19.7. The summed E-state index contributed by atoms with van der Waals surface area (Å²) >= 11 is 0. The molecule has 1 saturated heterocycles. The maximum atomic E-state index is 10.5. The van der Waals surface area contributed by atoms with Crippen molar-refractivity contribution in [2.45, 2.75) is 32.4 Å². The highest BCUT2D eigenvalue weighted by Gasteiger charge is 2.22. The summed E-state index contributed by atoms with van der Waals surface area (Å²) in [7, 11) is 0. The Hall–Kier alpha value is -1.39. The van der Waals surface area contributed by atoms with Crippen molar-refractivity contribution in [3.05, 3.63) is 35.4 Å². The van der Waals surface area contributed by atoms with Gasteiger partial charge >= 0.3 is 5.97 Å². The molecule has 2 rings (SSSR count). The lowest BCUT2D eigenvalue weighted by Crippen LogP contribution is -2.33. The minimum absolute atomic E-state index is 0.203. The second kappa shape index (κ2) is 6.68. The van der Waals surface area contributed by atoms with Crippen LogP contribution >= 0.6 is 0 Å². The predicted octanol–water partition coefficient (Wildman–Crippen LogP) is 1.63. The van der Waals surface area contributed by atoms with E-state index in [2.05, 4.69) is 41.4 Å². The van der Waals surface area contributed by atoms with Gasteiger partial charge in [0.15, 0.2) is 0 Å². The largest absolute Gasteiger partial charge is 0.481 e. The first kappa shape index (κ1) is 14.0. The van der Waals surface area contributed by atoms with Crippen molar-refractivity contribution in [2.24, 2.45) is 0 Å². The van der Waals surface area contributed by atoms with E-state index in [0.717, 1.165) is 26.1 Å². The molecule has 0 amide bonds. The first-order chi connectivity index (χ1) is 9.15. The Morgan fingerprint density at radius 2 is 2.26 bits per heavy atom. The number of aryl methyl sites for hydroxylation is 1. The summed E-state index contributed by atoms with van der Waals surface area (Å²) in [5, 5.41) is 11.9. The average molecular weight is 262 g/mol. The summed E-state index contributed by atoms with van der Waals surface area (Å²) in [5.41, 5.74) is 2.72. The van der Waals surface area contributed by atoms with Gasteiger partial charge in [-0.3, -0.25) is 9.69 Å². The van der Waals surface area contributed by atoms with Gasteiger partial charge in [-0.25, -0.2) is 0 Å². The van der Waals surface area contributed by atoms with Crippen molar-refractivity contribution >= 4 is 5.97 Å². The van der Waals surface area contributed by atoms with E-state index in [0.29, 0.717) is 12.6 Å². The molecule has 1 atom stereocenters. The molecule has 1 aromatic rings. The standard InChI is InChI=1S/C15H22N2O2/c1-12-4-2-3-5-13(12)10-17-9-7-14(11-17)16-8-6-15(18)19/h2-5,14,16H,6-11H2,1H3,(H,18,19). The van der Waals surface area contributed by atoms with Crippen molar-refractivity contribution in [3.63, 3.8) is 0 Å². The molecule has 1 unspecified atom stereocenters. The van der Waals surface area contributed by atoms with Crippen molar-refractivity contribution in [1.82, 2.24) is 10.2 Å². The number of benzene rings is 1. The van der Waals surface area contributed by atoms with Gasteiger partial charge in [-0.05, 0) is 24.5 Å². The fourth-order valence-electron chi connectivity index (χ4n) is 2.55. The predicted molar refractivity (Wildman–Crippen MR) is 75.1 cm³/mol. The molecule has 1 fully saturated rings. The summed E-state index contributed by atoms with van der Waals surface area (Å²) < 4.78 is 0. The Bertz CT molecular complexity index is 434. The SMILES string of the molecule is Cc1ccccc1CN1CCC(NCCC(=O)O)C1. The number of hydrogen-bond acceptors (Lipinski definition) is 3. The van der Waals surface area contributed by atoms with E-state index in [1.54, 1.807) is 0 Å². The van der Waals surface area contributed by atoms with E-state index in [4.69, 9.17) is 5.11 Å². The molecular formula is C15H22N2O2. The maximum Gasteiger partial charge on any atom is 0.304 e. The number of rotatable bonds is 6. The van der Waals surface area contributed by atoms with E-state index in [9.17, 15) is 4.79 Å². The van der Waals surface area contributed by atoms with Gasteiger partial charge in [-0.2, -0.15) is 0 Å². The van der Waals surface area contributed by atoms with E-state index in [1.165, 1.54) is 11.1 Å². The number of likely N-dealkylation sites (tertiary alicyclic amines) is 1. The van der Waals surface area contributed by atoms with Gasteiger partial charge in [0.2, 0.25) is 0 Å².